The first-order valence-electron chi connectivity index (χ1n) is 6.15. The molecule has 0 atom stereocenters. The van der Waals surface area contributed by atoms with Crippen LogP contribution in [0.1, 0.15) is 31.2 Å². The molecule has 1 aliphatic carbocycles. The highest BCUT2D eigenvalue weighted by Crippen LogP contribution is 2.46. The van der Waals surface area contributed by atoms with Crippen LogP contribution in [0.5, 0.6) is 0 Å². The van der Waals surface area contributed by atoms with Crippen LogP contribution in [0.25, 0.3) is 0 Å². The third-order valence-electron chi connectivity index (χ3n) is 3.87. The average molecular weight is 286 g/mol. The van der Waals surface area contributed by atoms with E-state index in [2.05, 4.69) is 0 Å². The zero-order valence-corrected chi connectivity index (χ0v) is 11.5. The molecule has 2 nitrogen and oxygen atoms in total. The van der Waals surface area contributed by atoms with Gasteiger partial charge in [0.2, 0.25) is 5.92 Å². The van der Waals surface area contributed by atoms with Crippen LogP contribution >= 0.6 is 11.8 Å². The molecule has 1 aliphatic rings. The number of carboxylic acid groups (broad SMARTS) is 1. The van der Waals surface area contributed by atoms with E-state index in [4.69, 9.17) is 0 Å². The molecule has 1 aromatic carbocycles. The van der Waals surface area contributed by atoms with Crippen LogP contribution in [0.2, 0.25) is 0 Å². The Hall–Kier alpha value is -1.10. The van der Waals surface area contributed by atoms with E-state index in [9.17, 15) is 18.7 Å². The standard InChI is InChI=1S/C14H16F2O2S/c1-19-11-4-2-3-10(9-11)13(12(17)18)5-7-14(15,16)8-6-13/h2-4,9H,5-8H2,1H3,(H,17,18). The van der Waals surface area contributed by atoms with Gasteiger partial charge in [-0.05, 0) is 36.8 Å². The lowest BCUT2D eigenvalue weighted by atomic mass is 9.68. The summed E-state index contributed by atoms with van der Waals surface area (Å²) < 4.78 is 26.6. The quantitative estimate of drug-likeness (QED) is 0.855. The van der Waals surface area contributed by atoms with E-state index in [1.165, 1.54) is 11.8 Å². The molecule has 0 bridgehead atoms. The highest BCUT2D eigenvalue weighted by Gasteiger charge is 2.49. The minimum absolute atomic E-state index is 0.00678. The number of carbonyl (C=O) groups is 1. The molecule has 0 amide bonds. The molecular formula is C14H16F2O2S. The Kier molecular flexibility index (Phi) is 3.85. The topological polar surface area (TPSA) is 37.3 Å². The van der Waals surface area contributed by atoms with Gasteiger partial charge in [0, 0.05) is 17.7 Å². The lowest BCUT2D eigenvalue weighted by molar-refractivity contribution is -0.149. The van der Waals surface area contributed by atoms with Gasteiger partial charge in [-0.25, -0.2) is 8.78 Å². The molecule has 104 valence electrons. The largest absolute Gasteiger partial charge is 0.481 e. The van der Waals surface area contributed by atoms with E-state index in [0.717, 1.165) is 4.90 Å². The summed E-state index contributed by atoms with van der Waals surface area (Å²) in [5, 5.41) is 9.52. The summed E-state index contributed by atoms with van der Waals surface area (Å²) in [5.74, 6) is -3.72. The number of benzene rings is 1. The first kappa shape index (κ1) is 14.3. The van der Waals surface area contributed by atoms with Gasteiger partial charge in [0.05, 0.1) is 5.41 Å². The van der Waals surface area contributed by atoms with Crippen LogP contribution < -0.4 is 0 Å². The van der Waals surface area contributed by atoms with Crippen LogP contribution in [-0.4, -0.2) is 23.3 Å². The normalized spacial score (nSPS) is 21.0. The SMILES string of the molecule is CSc1cccc(C2(C(=O)O)CCC(F)(F)CC2)c1. The molecule has 1 aromatic rings. The van der Waals surface area contributed by atoms with Crippen molar-refractivity contribution in [2.45, 2.75) is 41.9 Å². The number of hydrogen-bond acceptors (Lipinski definition) is 2. The first-order chi connectivity index (χ1) is 8.89. The highest BCUT2D eigenvalue weighted by atomic mass is 32.2. The zero-order valence-electron chi connectivity index (χ0n) is 10.7. The Morgan fingerprint density at radius 1 is 1.26 bits per heavy atom. The maximum atomic E-state index is 13.3. The Morgan fingerprint density at radius 2 is 1.89 bits per heavy atom. The summed E-state index contributed by atoms with van der Waals surface area (Å²) in [6.45, 7) is 0. The van der Waals surface area contributed by atoms with Crippen molar-refractivity contribution in [3.8, 4) is 0 Å². The van der Waals surface area contributed by atoms with Crippen molar-refractivity contribution in [1.29, 1.82) is 0 Å². The molecule has 0 heterocycles. The Bertz CT molecular complexity index is 478. The second-order valence-corrected chi connectivity index (χ2v) is 5.85. The Morgan fingerprint density at radius 3 is 2.42 bits per heavy atom. The van der Waals surface area contributed by atoms with E-state index >= 15 is 0 Å². The monoisotopic (exact) mass is 286 g/mol. The smallest absolute Gasteiger partial charge is 0.314 e. The fraction of sp³-hybridized carbons (Fsp3) is 0.500. The van der Waals surface area contributed by atoms with Crippen molar-refractivity contribution in [1.82, 2.24) is 0 Å². The molecule has 1 saturated carbocycles. The molecule has 0 spiro atoms. The van der Waals surface area contributed by atoms with Gasteiger partial charge in [-0.15, -0.1) is 11.8 Å². The van der Waals surface area contributed by atoms with Crippen molar-refractivity contribution >= 4 is 17.7 Å². The summed E-state index contributed by atoms with van der Waals surface area (Å²) in [6.07, 6.45) is 1.17. The molecule has 1 fully saturated rings. The maximum absolute atomic E-state index is 13.3. The second kappa shape index (κ2) is 5.12. The number of rotatable bonds is 3. The van der Waals surface area contributed by atoms with Crippen LogP contribution in [0.3, 0.4) is 0 Å². The average Bonchev–Trinajstić information content (AvgIpc) is 2.39. The van der Waals surface area contributed by atoms with Crippen molar-refractivity contribution in [2.75, 3.05) is 6.26 Å². The summed E-state index contributed by atoms with van der Waals surface area (Å²) in [7, 11) is 0. The van der Waals surface area contributed by atoms with Gasteiger partial charge in [0.1, 0.15) is 0 Å². The lowest BCUT2D eigenvalue weighted by Crippen LogP contribution is -2.42. The molecule has 1 N–H and O–H groups in total. The fourth-order valence-electron chi connectivity index (χ4n) is 2.59. The van der Waals surface area contributed by atoms with Crippen molar-refractivity contribution < 1.29 is 18.7 Å². The van der Waals surface area contributed by atoms with Gasteiger partial charge >= 0.3 is 5.97 Å². The van der Waals surface area contributed by atoms with Crippen LogP contribution in [0, 0.1) is 0 Å². The van der Waals surface area contributed by atoms with Gasteiger partial charge < -0.3 is 5.11 Å². The van der Waals surface area contributed by atoms with E-state index in [-0.39, 0.29) is 25.7 Å². The molecule has 2 rings (SSSR count). The number of thioether (sulfide) groups is 1. The summed E-state index contributed by atoms with van der Waals surface area (Å²) in [6, 6.07) is 7.22. The van der Waals surface area contributed by atoms with Gasteiger partial charge in [0.15, 0.2) is 0 Å². The third kappa shape index (κ3) is 2.76. The molecular weight excluding hydrogens is 270 g/mol. The molecule has 5 heteroatoms. The van der Waals surface area contributed by atoms with Crippen LogP contribution in [0.15, 0.2) is 29.2 Å². The number of halogens is 2. The number of carboxylic acids is 1. The molecule has 0 saturated heterocycles. The predicted octanol–water partition coefficient (Wildman–Crippen LogP) is 3.94. The minimum Gasteiger partial charge on any atom is -0.481 e. The van der Waals surface area contributed by atoms with Crippen LogP contribution in [0.4, 0.5) is 8.78 Å². The van der Waals surface area contributed by atoms with Crippen molar-refractivity contribution in [2.24, 2.45) is 0 Å². The summed E-state index contributed by atoms with van der Waals surface area (Å²) in [4.78, 5) is 12.6. The van der Waals surface area contributed by atoms with Crippen LogP contribution in [-0.2, 0) is 10.2 Å². The third-order valence-corrected chi connectivity index (χ3v) is 4.59. The number of alkyl halides is 2. The molecule has 19 heavy (non-hydrogen) atoms. The second-order valence-electron chi connectivity index (χ2n) is 4.98. The van der Waals surface area contributed by atoms with Gasteiger partial charge in [-0.2, -0.15) is 0 Å². The van der Waals surface area contributed by atoms with Crippen molar-refractivity contribution in [3.05, 3.63) is 29.8 Å². The molecule has 0 aliphatic heterocycles. The molecule has 0 unspecified atom stereocenters. The first-order valence-corrected chi connectivity index (χ1v) is 7.38. The predicted molar refractivity (Wildman–Crippen MR) is 71.0 cm³/mol. The fourth-order valence-corrected chi connectivity index (χ4v) is 3.05. The number of hydrogen-bond donors (Lipinski definition) is 1. The van der Waals surface area contributed by atoms with E-state index in [1.807, 2.05) is 18.4 Å². The van der Waals surface area contributed by atoms with E-state index in [0.29, 0.717) is 5.56 Å². The van der Waals surface area contributed by atoms with Gasteiger partial charge in [-0.1, -0.05) is 12.1 Å². The van der Waals surface area contributed by atoms with Crippen molar-refractivity contribution in [3.63, 3.8) is 0 Å². The maximum Gasteiger partial charge on any atom is 0.314 e. The lowest BCUT2D eigenvalue weighted by Gasteiger charge is -2.37. The summed E-state index contributed by atoms with van der Waals surface area (Å²) in [5.41, 5.74) is -0.518. The minimum atomic E-state index is -2.73. The van der Waals surface area contributed by atoms with E-state index in [1.54, 1.807) is 12.1 Å². The summed E-state index contributed by atoms with van der Waals surface area (Å²) >= 11 is 1.52. The number of aliphatic carboxylic acids is 1. The Balaban J connectivity index is 2.38. The zero-order chi connectivity index (χ0) is 14.1. The van der Waals surface area contributed by atoms with Gasteiger partial charge in [-0.3, -0.25) is 4.79 Å². The molecule has 0 radical (unpaired) electrons. The highest BCUT2D eigenvalue weighted by molar-refractivity contribution is 7.98. The molecule has 0 aromatic heterocycles. The van der Waals surface area contributed by atoms with E-state index < -0.39 is 17.3 Å². The van der Waals surface area contributed by atoms with Gasteiger partial charge in [0.25, 0.3) is 0 Å². The Labute approximate surface area is 115 Å².